The van der Waals surface area contributed by atoms with E-state index in [1.807, 2.05) is 54.6 Å². The van der Waals surface area contributed by atoms with E-state index in [0.717, 1.165) is 27.4 Å². The van der Waals surface area contributed by atoms with Gasteiger partial charge in [0.05, 0.1) is 29.0 Å². The van der Waals surface area contributed by atoms with Gasteiger partial charge in [-0.1, -0.05) is 54.6 Å². The van der Waals surface area contributed by atoms with Crippen molar-refractivity contribution in [3.8, 4) is 6.07 Å². The molecule has 4 rings (SSSR count). The van der Waals surface area contributed by atoms with Crippen molar-refractivity contribution in [2.45, 2.75) is 5.92 Å². The molecule has 0 radical (unpaired) electrons. The molecule has 3 heteroatoms. The van der Waals surface area contributed by atoms with Crippen LogP contribution in [0.25, 0.3) is 21.8 Å². The lowest BCUT2D eigenvalue weighted by Gasteiger charge is -2.12. The summed E-state index contributed by atoms with van der Waals surface area (Å²) in [6.45, 7) is 0. The number of aromatic nitrogens is 2. The standard InChI is InChI=1S/C20H13N3/c21-12-17(16-9-5-7-14-6-1-2-8-15(14)16)20-13-22-18-10-3-4-11-19(18)23-20/h1-11,13,17H/t17-/m1/s1. The summed E-state index contributed by atoms with van der Waals surface area (Å²) in [4.78, 5) is 9.09. The third kappa shape index (κ3) is 2.31. The lowest BCUT2D eigenvalue weighted by Crippen LogP contribution is -2.03. The van der Waals surface area contributed by atoms with E-state index in [4.69, 9.17) is 0 Å². The van der Waals surface area contributed by atoms with Gasteiger partial charge in [0.1, 0.15) is 5.92 Å². The highest BCUT2D eigenvalue weighted by Crippen LogP contribution is 2.29. The van der Waals surface area contributed by atoms with Crippen molar-refractivity contribution in [2.24, 2.45) is 0 Å². The largest absolute Gasteiger partial charge is 0.253 e. The maximum Gasteiger partial charge on any atom is 0.116 e. The van der Waals surface area contributed by atoms with Gasteiger partial charge in [-0.05, 0) is 28.5 Å². The molecular formula is C20H13N3. The van der Waals surface area contributed by atoms with Crippen LogP contribution in [-0.2, 0) is 0 Å². The van der Waals surface area contributed by atoms with E-state index in [9.17, 15) is 5.26 Å². The summed E-state index contributed by atoms with van der Waals surface area (Å²) in [7, 11) is 0. The second-order valence-electron chi connectivity index (χ2n) is 5.41. The van der Waals surface area contributed by atoms with Crippen molar-refractivity contribution < 1.29 is 0 Å². The Morgan fingerprint density at radius 2 is 1.57 bits per heavy atom. The smallest absolute Gasteiger partial charge is 0.116 e. The Hall–Kier alpha value is -3.25. The van der Waals surface area contributed by atoms with Crippen molar-refractivity contribution in [2.75, 3.05) is 0 Å². The molecule has 0 fully saturated rings. The van der Waals surface area contributed by atoms with E-state index in [1.165, 1.54) is 0 Å². The molecule has 0 aliphatic heterocycles. The first kappa shape index (κ1) is 13.4. The van der Waals surface area contributed by atoms with Crippen LogP contribution in [0, 0.1) is 11.3 Å². The first-order chi connectivity index (χ1) is 11.4. The SMILES string of the molecule is N#C[C@@H](c1cnc2ccccc2n1)c1cccc2ccccc12. The molecule has 0 saturated heterocycles. The molecule has 0 bridgehead atoms. The maximum atomic E-state index is 9.75. The van der Waals surface area contributed by atoms with E-state index in [1.54, 1.807) is 6.20 Å². The van der Waals surface area contributed by atoms with Gasteiger partial charge in [-0.2, -0.15) is 5.26 Å². The lowest BCUT2D eigenvalue weighted by atomic mass is 9.92. The molecule has 0 saturated carbocycles. The Kier molecular flexibility index (Phi) is 3.21. The first-order valence-corrected chi connectivity index (χ1v) is 7.46. The molecule has 108 valence electrons. The van der Waals surface area contributed by atoms with Crippen molar-refractivity contribution in [1.82, 2.24) is 9.97 Å². The highest BCUT2D eigenvalue weighted by Gasteiger charge is 2.18. The van der Waals surface area contributed by atoms with Gasteiger partial charge in [0.15, 0.2) is 0 Å². The van der Waals surface area contributed by atoms with Crippen LogP contribution in [0.2, 0.25) is 0 Å². The highest BCUT2D eigenvalue weighted by molar-refractivity contribution is 5.87. The fraction of sp³-hybridized carbons (Fsp3) is 0.0500. The molecule has 3 nitrogen and oxygen atoms in total. The van der Waals surface area contributed by atoms with Crippen LogP contribution >= 0.6 is 0 Å². The summed E-state index contributed by atoms with van der Waals surface area (Å²) in [6, 6.07) is 24.2. The topological polar surface area (TPSA) is 49.6 Å². The van der Waals surface area contributed by atoms with Crippen molar-refractivity contribution >= 4 is 21.8 Å². The van der Waals surface area contributed by atoms with Gasteiger partial charge in [0.2, 0.25) is 0 Å². The van der Waals surface area contributed by atoms with Gasteiger partial charge < -0.3 is 0 Å². The van der Waals surface area contributed by atoms with Gasteiger partial charge in [-0.3, -0.25) is 4.98 Å². The molecule has 0 amide bonds. The predicted octanol–water partition coefficient (Wildman–Crippen LogP) is 4.44. The van der Waals surface area contributed by atoms with Gasteiger partial charge >= 0.3 is 0 Å². The molecule has 4 aromatic rings. The molecule has 0 aliphatic rings. The zero-order valence-electron chi connectivity index (χ0n) is 12.3. The van der Waals surface area contributed by atoms with Crippen LogP contribution in [0.15, 0.2) is 72.9 Å². The normalized spacial score (nSPS) is 12.1. The Morgan fingerprint density at radius 1 is 0.826 bits per heavy atom. The van der Waals surface area contributed by atoms with E-state index >= 15 is 0 Å². The quantitative estimate of drug-likeness (QED) is 0.549. The van der Waals surface area contributed by atoms with Crippen LogP contribution in [-0.4, -0.2) is 9.97 Å². The fourth-order valence-electron chi connectivity index (χ4n) is 2.91. The number of benzene rings is 3. The molecular weight excluding hydrogens is 282 g/mol. The van der Waals surface area contributed by atoms with Gasteiger partial charge in [0, 0.05) is 0 Å². The van der Waals surface area contributed by atoms with Crippen LogP contribution in [0.1, 0.15) is 17.2 Å². The first-order valence-electron chi connectivity index (χ1n) is 7.46. The minimum atomic E-state index is -0.432. The average Bonchev–Trinajstić information content (AvgIpc) is 2.62. The average molecular weight is 295 g/mol. The highest BCUT2D eigenvalue weighted by atomic mass is 14.8. The van der Waals surface area contributed by atoms with E-state index in [2.05, 4.69) is 28.2 Å². The molecule has 1 atom stereocenters. The Labute approximate surface area is 133 Å². The summed E-state index contributed by atoms with van der Waals surface area (Å²) in [5.41, 5.74) is 3.30. The number of para-hydroxylation sites is 2. The number of nitriles is 1. The molecule has 23 heavy (non-hydrogen) atoms. The van der Waals surface area contributed by atoms with Crippen molar-refractivity contribution in [1.29, 1.82) is 5.26 Å². The molecule has 1 heterocycles. The van der Waals surface area contributed by atoms with E-state index < -0.39 is 5.92 Å². The van der Waals surface area contributed by atoms with Gasteiger partial charge in [-0.15, -0.1) is 0 Å². The Morgan fingerprint density at radius 3 is 2.43 bits per heavy atom. The predicted molar refractivity (Wildman–Crippen MR) is 90.9 cm³/mol. The molecule has 3 aromatic carbocycles. The van der Waals surface area contributed by atoms with Crippen LogP contribution < -0.4 is 0 Å². The van der Waals surface area contributed by atoms with E-state index in [0.29, 0.717) is 5.69 Å². The third-order valence-corrected chi connectivity index (χ3v) is 4.03. The minimum Gasteiger partial charge on any atom is -0.253 e. The molecule has 0 spiro atoms. The summed E-state index contributed by atoms with van der Waals surface area (Å²) in [6.07, 6.45) is 1.71. The zero-order chi connectivity index (χ0) is 15.6. The lowest BCUT2D eigenvalue weighted by molar-refractivity contribution is 0.972. The zero-order valence-corrected chi connectivity index (χ0v) is 12.3. The van der Waals surface area contributed by atoms with Crippen LogP contribution in [0.4, 0.5) is 0 Å². The number of hydrogen-bond acceptors (Lipinski definition) is 3. The molecule has 0 unspecified atom stereocenters. The van der Waals surface area contributed by atoms with Crippen molar-refractivity contribution in [3.05, 3.63) is 84.2 Å². The monoisotopic (exact) mass is 295 g/mol. The third-order valence-electron chi connectivity index (χ3n) is 4.03. The summed E-state index contributed by atoms with van der Waals surface area (Å²) in [5.74, 6) is -0.432. The summed E-state index contributed by atoms with van der Waals surface area (Å²) >= 11 is 0. The van der Waals surface area contributed by atoms with Crippen molar-refractivity contribution in [3.63, 3.8) is 0 Å². The molecule has 1 aromatic heterocycles. The van der Waals surface area contributed by atoms with Crippen LogP contribution in [0.5, 0.6) is 0 Å². The number of hydrogen-bond donors (Lipinski definition) is 0. The number of nitrogens with zero attached hydrogens (tertiary/aromatic N) is 3. The van der Waals surface area contributed by atoms with Gasteiger partial charge in [0.25, 0.3) is 0 Å². The number of fused-ring (bicyclic) bond motifs is 2. The Balaban J connectivity index is 1.91. The minimum absolute atomic E-state index is 0.432. The molecule has 0 N–H and O–H groups in total. The van der Waals surface area contributed by atoms with Gasteiger partial charge in [-0.25, -0.2) is 4.98 Å². The second kappa shape index (κ2) is 5.51. The maximum absolute atomic E-state index is 9.75. The summed E-state index contributed by atoms with van der Waals surface area (Å²) in [5, 5.41) is 12.0. The Bertz CT molecular complexity index is 1040. The second-order valence-corrected chi connectivity index (χ2v) is 5.41. The molecule has 0 aliphatic carbocycles. The summed E-state index contributed by atoms with van der Waals surface area (Å²) < 4.78 is 0. The van der Waals surface area contributed by atoms with Crippen LogP contribution in [0.3, 0.4) is 0 Å². The number of rotatable bonds is 2. The fourth-order valence-corrected chi connectivity index (χ4v) is 2.91. The van der Waals surface area contributed by atoms with E-state index in [-0.39, 0.29) is 0 Å².